The summed E-state index contributed by atoms with van der Waals surface area (Å²) in [5.41, 5.74) is 2.52. The molecule has 118 valence electrons. The fourth-order valence-corrected chi connectivity index (χ4v) is 3.13. The molecule has 0 amide bonds. The zero-order valence-corrected chi connectivity index (χ0v) is 14.1. The molecule has 1 aliphatic heterocycles. The van der Waals surface area contributed by atoms with Crippen LogP contribution in [0, 0.1) is 6.92 Å². The molecule has 0 aliphatic carbocycles. The zero-order chi connectivity index (χ0) is 15.1. The fraction of sp³-hybridized carbons (Fsp3) is 0.667. The van der Waals surface area contributed by atoms with Gasteiger partial charge in [-0.15, -0.1) is 0 Å². The summed E-state index contributed by atoms with van der Waals surface area (Å²) in [5.74, 6) is 0. The van der Waals surface area contributed by atoms with E-state index in [1.807, 2.05) is 6.07 Å². The van der Waals surface area contributed by atoms with Crippen molar-refractivity contribution in [3.05, 3.63) is 34.3 Å². The van der Waals surface area contributed by atoms with Crippen LogP contribution in [0.3, 0.4) is 0 Å². The molecule has 2 unspecified atom stereocenters. The van der Waals surface area contributed by atoms with Crippen LogP contribution in [0.4, 0.5) is 0 Å². The van der Waals surface area contributed by atoms with Gasteiger partial charge in [-0.3, -0.25) is 0 Å². The second-order valence-corrected chi connectivity index (χ2v) is 6.49. The molecule has 1 aromatic carbocycles. The Morgan fingerprint density at radius 3 is 2.95 bits per heavy atom. The summed E-state index contributed by atoms with van der Waals surface area (Å²) in [6.45, 7) is 6.31. The van der Waals surface area contributed by atoms with Crippen LogP contribution < -0.4 is 5.32 Å². The smallest absolute Gasteiger partial charge is 0.0576 e. The molecule has 2 atom stereocenters. The zero-order valence-electron chi connectivity index (χ0n) is 13.3. The summed E-state index contributed by atoms with van der Waals surface area (Å²) in [5, 5.41) is 4.53. The first kappa shape index (κ1) is 16.8. The van der Waals surface area contributed by atoms with Gasteiger partial charge in [-0.25, -0.2) is 0 Å². The first-order valence-corrected chi connectivity index (χ1v) is 8.69. The number of hydrogen-bond acceptors (Lipinski definition) is 2. The van der Waals surface area contributed by atoms with E-state index in [0.29, 0.717) is 12.1 Å². The van der Waals surface area contributed by atoms with Crippen LogP contribution in [0.2, 0.25) is 5.02 Å². The Balaban J connectivity index is 1.90. The number of rotatable bonds is 8. The number of nitrogens with one attached hydrogen (secondary N) is 1. The van der Waals surface area contributed by atoms with Crippen LogP contribution in [-0.2, 0) is 4.74 Å². The van der Waals surface area contributed by atoms with Gasteiger partial charge in [0.2, 0.25) is 0 Å². The Hall–Kier alpha value is -0.570. The molecule has 1 saturated heterocycles. The number of halogens is 1. The molecular weight excluding hydrogens is 282 g/mol. The molecular formula is C18H28ClNO. The number of benzene rings is 1. The van der Waals surface area contributed by atoms with Crippen molar-refractivity contribution in [1.82, 2.24) is 5.32 Å². The summed E-state index contributed by atoms with van der Waals surface area (Å²) in [4.78, 5) is 0. The Kier molecular flexibility index (Phi) is 7.01. The van der Waals surface area contributed by atoms with E-state index in [2.05, 4.69) is 31.3 Å². The van der Waals surface area contributed by atoms with Crippen molar-refractivity contribution in [1.29, 1.82) is 0 Å². The van der Waals surface area contributed by atoms with E-state index in [9.17, 15) is 0 Å². The minimum absolute atomic E-state index is 0.433. The van der Waals surface area contributed by atoms with Crippen LogP contribution >= 0.6 is 11.6 Å². The lowest BCUT2D eigenvalue weighted by Crippen LogP contribution is -2.22. The predicted molar refractivity (Wildman–Crippen MR) is 90.0 cm³/mol. The second kappa shape index (κ2) is 8.77. The molecule has 3 heteroatoms. The Labute approximate surface area is 134 Å². The molecule has 2 nitrogen and oxygen atoms in total. The highest BCUT2D eigenvalue weighted by atomic mass is 35.5. The maximum atomic E-state index is 6.14. The monoisotopic (exact) mass is 309 g/mol. The summed E-state index contributed by atoms with van der Waals surface area (Å²) in [6.07, 6.45) is 7.72. The fourth-order valence-electron chi connectivity index (χ4n) is 3.01. The molecule has 1 heterocycles. The molecule has 1 aliphatic rings. The van der Waals surface area contributed by atoms with E-state index in [-0.39, 0.29) is 0 Å². The van der Waals surface area contributed by atoms with Gasteiger partial charge in [0.05, 0.1) is 6.10 Å². The number of aryl methyl sites for hydroxylation is 1. The minimum Gasteiger partial charge on any atom is -0.378 e. The molecule has 1 aromatic rings. The largest absolute Gasteiger partial charge is 0.378 e. The number of ether oxygens (including phenoxy) is 1. The molecule has 0 radical (unpaired) electrons. The van der Waals surface area contributed by atoms with E-state index < -0.39 is 0 Å². The Bertz CT molecular complexity index is 429. The maximum absolute atomic E-state index is 6.14. The van der Waals surface area contributed by atoms with Crippen molar-refractivity contribution in [2.45, 2.75) is 64.5 Å². The molecule has 0 spiro atoms. The van der Waals surface area contributed by atoms with Gasteiger partial charge in [0.25, 0.3) is 0 Å². The van der Waals surface area contributed by atoms with Gasteiger partial charge in [0.1, 0.15) is 0 Å². The van der Waals surface area contributed by atoms with Gasteiger partial charge in [-0.05, 0) is 69.2 Å². The van der Waals surface area contributed by atoms with E-state index in [1.54, 1.807) is 0 Å². The summed E-state index contributed by atoms with van der Waals surface area (Å²) in [7, 11) is 0. The van der Waals surface area contributed by atoms with Crippen LogP contribution in [0.1, 0.15) is 62.6 Å². The lowest BCUT2D eigenvalue weighted by Gasteiger charge is -2.20. The maximum Gasteiger partial charge on any atom is 0.0576 e. The van der Waals surface area contributed by atoms with Gasteiger partial charge >= 0.3 is 0 Å². The van der Waals surface area contributed by atoms with Crippen molar-refractivity contribution in [3.63, 3.8) is 0 Å². The second-order valence-electron chi connectivity index (χ2n) is 6.08. The highest BCUT2D eigenvalue weighted by Crippen LogP contribution is 2.26. The first-order chi connectivity index (χ1) is 10.2. The van der Waals surface area contributed by atoms with Crippen LogP contribution in [0.25, 0.3) is 0 Å². The van der Waals surface area contributed by atoms with E-state index >= 15 is 0 Å². The standard InChI is InChI=1S/C18H28ClNO/c1-3-11-20-18(8-4-6-16-7-5-12-21-16)15-9-10-17(19)14(2)13-15/h9-10,13,16,18,20H,3-8,11-12H2,1-2H3. The van der Waals surface area contributed by atoms with Crippen molar-refractivity contribution in [3.8, 4) is 0 Å². The average molecular weight is 310 g/mol. The molecule has 1 N–H and O–H groups in total. The van der Waals surface area contributed by atoms with E-state index in [4.69, 9.17) is 16.3 Å². The highest BCUT2D eigenvalue weighted by molar-refractivity contribution is 6.31. The third kappa shape index (κ3) is 5.28. The SMILES string of the molecule is CCCNC(CCCC1CCCO1)c1ccc(Cl)c(C)c1. The molecule has 0 saturated carbocycles. The molecule has 21 heavy (non-hydrogen) atoms. The topological polar surface area (TPSA) is 21.3 Å². The van der Waals surface area contributed by atoms with Crippen molar-refractivity contribution in [2.24, 2.45) is 0 Å². The van der Waals surface area contributed by atoms with Gasteiger partial charge in [-0.2, -0.15) is 0 Å². The molecule has 1 fully saturated rings. The lowest BCUT2D eigenvalue weighted by atomic mass is 9.97. The lowest BCUT2D eigenvalue weighted by molar-refractivity contribution is 0.101. The van der Waals surface area contributed by atoms with E-state index in [1.165, 1.54) is 37.7 Å². The van der Waals surface area contributed by atoms with Crippen molar-refractivity contribution >= 4 is 11.6 Å². The third-order valence-corrected chi connectivity index (χ3v) is 4.69. The summed E-state index contributed by atoms with van der Waals surface area (Å²) in [6, 6.07) is 6.84. The molecule has 2 rings (SSSR count). The third-order valence-electron chi connectivity index (χ3n) is 4.27. The van der Waals surface area contributed by atoms with Gasteiger partial charge in [0.15, 0.2) is 0 Å². The van der Waals surface area contributed by atoms with Crippen molar-refractivity contribution in [2.75, 3.05) is 13.2 Å². The predicted octanol–water partition coefficient (Wildman–Crippen LogP) is 5.04. The van der Waals surface area contributed by atoms with Crippen LogP contribution in [-0.4, -0.2) is 19.3 Å². The van der Waals surface area contributed by atoms with Crippen LogP contribution in [0.15, 0.2) is 18.2 Å². The van der Waals surface area contributed by atoms with E-state index in [0.717, 1.165) is 30.2 Å². The molecule has 0 aromatic heterocycles. The van der Waals surface area contributed by atoms with Gasteiger partial charge in [0, 0.05) is 17.7 Å². The minimum atomic E-state index is 0.433. The van der Waals surface area contributed by atoms with Gasteiger partial charge < -0.3 is 10.1 Å². The summed E-state index contributed by atoms with van der Waals surface area (Å²) >= 11 is 6.14. The van der Waals surface area contributed by atoms with Crippen LogP contribution in [0.5, 0.6) is 0 Å². The Morgan fingerprint density at radius 2 is 2.29 bits per heavy atom. The molecule has 0 bridgehead atoms. The normalized spacial score (nSPS) is 19.9. The Morgan fingerprint density at radius 1 is 1.43 bits per heavy atom. The quantitative estimate of drug-likeness (QED) is 0.726. The van der Waals surface area contributed by atoms with Gasteiger partial charge in [-0.1, -0.05) is 30.7 Å². The average Bonchev–Trinajstić information content (AvgIpc) is 2.99. The first-order valence-electron chi connectivity index (χ1n) is 8.31. The highest BCUT2D eigenvalue weighted by Gasteiger charge is 2.17. The number of hydrogen-bond donors (Lipinski definition) is 1. The summed E-state index contributed by atoms with van der Waals surface area (Å²) < 4.78 is 5.72. The van der Waals surface area contributed by atoms with Crippen molar-refractivity contribution < 1.29 is 4.74 Å².